The molecule has 2 N–H and O–H groups in total. The summed E-state index contributed by atoms with van der Waals surface area (Å²) in [7, 11) is -0.890. The van der Waals surface area contributed by atoms with Crippen LogP contribution in [0.2, 0.25) is 0 Å². The number of sulfonamides is 1. The van der Waals surface area contributed by atoms with E-state index >= 15 is 0 Å². The van der Waals surface area contributed by atoms with Crippen LogP contribution in [-0.4, -0.2) is 51.8 Å². The maximum absolute atomic E-state index is 13.2. The van der Waals surface area contributed by atoms with Gasteiger partial charge in [-0.1, -0.05) is 6.07 Å². The largest absolute Gasteiger partial charge is 0.493 e. The van der Waals surface area contributed by atoms with Gasteiger partial charge in [-0.05, 0) is 43.2 Å². The number of nitrogens with zero attached hydrogens (tertiary/aromatic N) is 1. The summed E-state index contributed by atoms with van der Waals surface area (Å²) in [6.07, 6.45) is 1.14. The van der Waals surface area contributed by atoms with Crippen LogP contribution in [0.4, 0.5) is 11.4 Å². The first-order chi connectivity index (χ1) is 15.2. The fraction of sp³-hybridized carbons (Fsp3) is 0.364. The normalized spacial score (nSPS) is 16.8. The summed E-state index contributed by atoms with van der Waals surface area (Å²) < 4.78 is 38.1. The molecule has 0 aromatic heterocycles. The summed E-state index contributed by atoms with van der Waals surface area (Å²) in [4.78, 5) is 24.2. The summed E-state index contributed by atoms with van der Waals surface area (Å²) in [6, 6.07) is 11.2. The molecule has 10 heteroatoms. The minimum Gasteiger partial charge on any atom is -0.493 e. The third kappa shape index (κ3) is 5.38. The molecule has 0 radical (unpaired) electrons. The highest BCUT2D eigenvalue weighted by molar-refractivity contribution is 7.89. The number of ether oxygens (including phenoxy) is 2. The second-order valence-electron chi connectivity index (χ2n) is 7.47. The standard InChI is InChI=1S/C22H27N3O6S/c1-15(26)23-17-7-4-8-18(12-17)24-22(27)16-6-5-11-25(14-16)32(28,29)19-9-10-20(30-2)21(13-19)31-3/h4,7-10,12-13,16H,5-6,11,14H2,1-3H3,(H,23,26)(H,24,27)/t16-/m1/s1. The van der Waals surface area contributed by atoms with Crippen molar-refractivity contribution in [2.45, 2.75) is 24.7 Å². The number of carbonyl (C=O) groups excluding carboxylic acids is 2. The fourth-order valence-electron chi connectivity index (χ4n) is 3.62. The van der Waals surface area contributed by atoms with E-state index in [1.807, 2.05) is 0 Å². The number of methoxy groups -OCH3 is 2. The maximum atomic E-state index is 13.2. The number of anilines is 2. The van der Waals surface area contributed by atoms with Crippen molar-refractivity contribution in [3.8, 4) is 11.5 Å². The van der Waals surface area contributed by atoms with Gasteiger partial charge < -0.3 is 20.1 Å². The molecule has 0 saturated carbocycles. The molecule has 2 amide bonds. The quantitative estimate of drug-likeness (QED) is 0.655. The van der Waals surface area contributed by atoms with Crippen LogP contribution in [0, 0.1) is 5.92 Å². The Balaban J connectivity index is 1.73. The van der Waals surface area contributed by atoms with E-state index in [4.69, 9.17) is 9.47 Å². The summed E-state index contributed by atoms with van der Waals surface area (Å²) in [5.74, 6) is -0.222. The number of piperidine rings is 1. The first-order valence-electron chi connectivity index (χ1n) is 10.2. The highest BCUT2D eigenvalue weighted by atomic mass is 32.2. The predicted octanol–water partition coefficient (Wildman–Crippen LogP) is 2.70. The molecule has 2 aromatic carbocycles. The molecule has 0 aliphatic carbocycles. The zero-order chi connectivity index (χ0) is 23.3. The van der Waals surface area contributed by atoms with Gasteiger partial charge in [0.05, 0.1) is 25.0 Å². The number of amides is 2. The van der Waals surface area contributed by atoms with Crippen molar-refractivity contribution in [1.82, 2.24) is 4.31 Å². The molecular weight excluding hydrogens is 434 g/mol. The Morgan fingerprint density at radius 1 is 1.00 bits per heavy atom. The lowest BCUT2D eigenvalue weighted by atomic mass is 9.98. The first-order valence-corrected chi connectivity index (χ1v) is 11.6. The van der Waals surface area contributed by atoms with Crippen LogP contribution < -0.4 is 20.1 Å². The van der Waals surface area contributed by atoms with E-state index in [1.54, 1.807) is 30.3 Å². The van der Waals surface area contributed by atoms with Crippen LogP contribution in [0.3, 0.4) is 0 Å². The summed E-state index contributed by atoms with van der Waals surface area (Å²) in [5, 5.41) is 5.49. The van der Waals surface area contributed by atoms with Gasteiger partial charge in [-0.15, -0.1) is 0 Å². The van der Waals surface area contributed by atoms with Crippen molar-refractivity contribution < 1.29 is 27.5 Å². The van der Waals surface area contributed by atoms with Gasteiger partial charge in [0.2, 0.25) is 21.8 Å². The third-order valence-electron chi connectivity index (χ3n) is 5.20. The number of hydrogen-bond donors (Lipinski definition) is 2. The van der Waals surface area contributed by atoms with Crippen LogP contribution in [0.1, 0.15) is 19.8 Å². The van der Waals surface area contributed by atoms with Crippen molar-refractivity contribution in [3.05, 3.63) is 42.5 Å². The topological polar surface area (TPSA) is 114 Å². The van der Waals surface area contributed by atoms with E-state index in [9.17, 15) is 18.0 Å². The van der Waals surface area contributed by atoms with E-state index in [-0.39, 0.29) is 23.3 Å². The average Bonchev–Trinajstić information content (AvgIpc) is 2.78. The molecule has 3 rings (SSSR count). The lowest BCUT2D eigenvalue weighted by Gasteiger charge is -2.31. The molecule has 9 nitrogen and oxygen atoms in total. The molecule has 172 valence electrons. The third-order valence-corrected chi connectivity index (χ3v) is 7.06. The number of carbonyl (C=O) groups is 2. The van der Waals surface area contributed by atoms with Crippen molar-refractivity contribution in [3.63, 3.8) is 0 Å². The highest BCUT2D eigenvalue weighted by Gasteiger charge is 2.33. The van der Waals surface area contributed by atoms with Crippen LogP contribution in [-0.2, 0) is 19.6 Å². The molecule has 1 atom stereocenters. The fourth-order valence-corrected chi connectivity index (χ4v) is 5.16. The molecule has 2 aromatic rings. The van der Waals surface area contributed by atoms with E-state index in [0.717, 1.165) is 0 Å². The molecule has 32 heavy (non-hydrogen) atoms. The van der Waals surface area contributed by atoms with Crippen molar-refractivity contribution in [1.29, 1.82) is 0 Å². The number of rotatable bonds is 7. The van der Waals surface area contributed by atoms with Gasteiger partial charge in [-0.3, -0.25) is 9.59 Å². The van der Waals surface area contributed by atoms with Crippen molar-refractivity contribution in [2.24, 2.45) is 5.92 Å². The van der Waals surface area contributed by atoms with E-state index in [1.165, 1.54) is 37.6 Å². The Hall–Kier alpha value is -3.11. The van der Waals surface area contributed by atoms with E-state index < -0.39 is 15.9 Å². The molecule has 0 unspecified atom stereocenters. The molecule has 0 bridgehead atoms. The Morgan fingerprint density at radius 2 is 1.69 bits per heavy atom. The minimum absolute atomic E-state index is 0.0773. The molecular formula is C22H27N3O6S. The van der Waals surface area contributed by atoms with E-state index in [2.05, 4.69) is 10.6 Å². The van der Waals surface area contributed by atoms with Crippen molar-refractivity contribution >= 4 is 33.2 Å². The van der Waals surface area contributed by atoms with Gasteiger partial charge in [0.25, 0.3) is 0 Å². The Labute approximate surface area is 187 Å². The van der Waals surface area contributed by atoms with Gasteiger partial charge in [0.1, 0.15) is 0 Å². The van der Waals surface area contributed by atoms with Crippen LogP contribution in [0.15, 0.2) is 47.4 Å². The second-order valence-corrected chi connectivity index (χ2v) is 9.41. The minimum atomic E-state index is -3.81. The first kappa shape index (κ1) is 23.6. The second kappa shape index (κ2) is 10.0. The Kier molecular flexibility index (Phi) is 7.37. The lowest BCUT2D eigenvalue weighted by molar-refractivity contribution is -0.121. The highest BCUT2D eigenvalue weighted by Crippen LogP contribution is 2.32. The number of hydrogen-bond acceptors (Lipinski definition) is 6. The van der Waals surface area contributed by atoms with Gasteiger partial charge in [0.15, 0.2) is 11.5 Å². The van der Waals surface area contributed by atoms with Gasteiger partial charge >= 0.3 is 0 Å². The van der Waals surface area contributed by atoms with Crippen LogP contribution in [0.25, 0.3) is 0 Å². The molecule has 1 heterocycles. The molecule has 1 fully saturated rings. The average molecular weight is 462 g/mol. The summed E-state index contributed by atoms with van der Waals surface area (Å²) in [5.41, 5.74) is 1.10. The summed E-state index contributed by atoms with van der Waals surface area (Å²) >= 11 is 0. The SMILES string of the molecule is COc1ccc(S(=O)(=O)N2CCC[C@@H](C(=O)Nc3cccc(NC(C)=O)c3)C2)cc1OC. The lowest BCUT2D eigenvalue weighted by Crippen LogP contribution is -2.43. The zero-order valence-electron chi connectivity index (χ0n) is 18.3. The van der Waals surface area contributed by atoms with Crippen LogP contribution in [0.5, 0.6) is 11.5 Å². The zero-order valence-corrected chi connectivity index (χ0v) is 19.1. The molecule has 1 saturated heterocycles. The number of nitrogens with one attached hydrogen (secondary N) is 2. The Bertz CT molecular complexity index is 1100. The molecule has 0 spiro atoms. The smallest absolute Gasteiger partial charge is 0.243 e. The monoisotopic (exact) mass is 461 g/mol. The van der Waals surface area contributed by atoms with E-state index in [0.29, 0.717) is 42.3 Å². The predicted molar refractivity (Wildman–Crippen MR) is 120 cm³/mol. The van der Waals surface area contributed by atoms with Gasteiger partial charge in [-0.2, -0.15) is 4.31 Å². The number of benzene rings is 2. The maximum Gasteiger partial charge on any atom is 0.243 e. The van der Waals surface area contributed by atoms with Gasteiger partial charge in [-0.25, -0.2) is 8.42 Å². The van der Waals surface area contributed by atoms with Crippen LogP contribution >= 0.6 is 0 Å². The summed E-state index contributed by atoms with van der Waals surface area (Å²) in [6.45, 7) is 1.81. The van der Waals surface area contributed by atoms with Crippen molar-refractivity contribution in [2.75, 3.05) is 37.9 Å². The molecule has 1 aliphatic rings. The van der Waals surface area contributed by atoms with Gasteiger partial charge in [0, 0.05) is 37.5 Å². The Morgan fingerprint density at radius 3 is 2.34 bits per heavy atom. The molecule has 1 aliphatic heterocycles.